The number of amides is 1. The average Bonchev–Trinajstić information content (AvgIpc) is 2.85. The van der Waals surface area contributed by atoms with Crippen molar-refractivity contribution < 1.29 is 9.59 Å². The molecule has 4 nitrogen and oxygen atoms in total. The Balaban J connectivity index is 2.08. The van der Waals surface area contributed by atoms with Crippen LogP contribution in [0.25, 0.3) is 17.0 Å². The summed E-state index contributed by atoms with van der Waals surface area (Å²) in [6.45, 7) is 0. The van der Waals surface area contributed by atoms with Crippen LogP contribution in [0, 0.1) is 0 Å². The smallest absolute Gasteiger partial charge is 0.232 e. The second-order valence-corrected chi connectivity index (χ2v) is 4.00. The van der Waals surface area contributed by atoms with Gasteiger partial charge in [0.25, 0.3) is 0 Å². The molecule has 0 aliphatic carbocycles. The molecule has 2 heterocycles. The highest BCUT2D eigenvalue weighted by Crippen LogP contribution is 2.21. The molecule has 1 aliphatic rings. The number of benzene rings is 1. The first kappa shape index (κ1) is 9.84. The van der Waals surface area contributed by atoms with Crippen LogP contribution < -0.4 is 5.32 Å². The third kappa shape index (κ3) is 1.63. The minimum atomic E-state index is -0.235. The zero-order chi connectivity index (χ0) is 11.8. The van der Waals surface area contributed by atoms with Crippen molar-refractivity contribution in [3.8, 4) is 0 Å². The maximum absolute atomic E-state index is 11.5. The Hall–Kier alpha value is -2.36. The molecular weight excluding hydrogens is 216 g/mol. The van der Waals surface area contributed by atoms with Gasteiger partial charge in [0, 0.05) is 22.7 Å². The largest absolute Gasteiger partial charge is 0.361 e. The van der Waals surface area contributed by atoms with Gasteiger partial charge in [-0.25, -0.2) is 0 Å². The highest BCUT2D eigenvalue weighted by Gasteiger charge is 2.23. The van der Waals surface area contributed by atoms with Gasteiger partial charge in [-0.05, 0) is 12.1 Å². The van der Waals surface area contributed by atoms with Gasteiger partial charge < -0.3 is 10.3 Å². The summed E-state index contributed by atoms with van der Waals surface area (Å²) in [5.74, 6) is -0.388. The summed E-state index contributed by atoms with van der Waals surface area (Å²) in [6, 6.07) is 7.82. The van der Waals surface area contributed by atoms with Gasteiger partial charge in [-0.1, -0.05) is 18.2 Å². The van der Waals surface area contributed by atoms with Gasteiger partial charge in [-0.3, -0.25) is 9.59 Å². The summed E-state index contributed by atoms with van der Waals surface area (Å²) in [4.78, 5) is 25.7. The van der Waals surface area contributed by atoms with E-state index in [2.05, 4.69) is 10.3 Å². The third-order valence-electron chi connectivity index (χ3n) is 2.82. The first-order chi connectivity index (χ1) is 8.24. The van der Waals surface area contributed by atoms with Crippen LogP contribution in [0.5, 0.6) is 0 Å². The van der Waals surface area contributed by atoms with Crippen molar-refractivity contribution in [1.29, 1.82) is 0 Å². The standard InChI is InChI=1S/C13H10N2O2/c16-12-6-13(17)15-11(12)5-8-7-14-10-4-2-1-3-9(8)10/h1-5,7,14H,6H2,(H,15,17)/b11-5+. The Morgan fingerprint density at radius 3 is 2.76 bits per heavy atom. The van der Waals surface area contributed by atoms with Crippen LogP contribution in [0.2, 0.25) is 0 Å². The van der Waals surface area contributed by atoms with Crippen molar-refractivity contribution in [3.63, 3.8) is 0 Å². The molecule has 1 fully saturated rings. The number of para-hydroxylation sites is 1. The minimum absolute atomic E-state index is 0.0474. The number of nitrogens with one attached hydrogen (secondary N) is 2. The monoisotopic (exact) mass is 226 g/mol. The number of hydrogen-bond donors (Lipinski definition) is 2. The summed E-state index contributed by atoms with van der Waals surface area (Å²) < 4.78 is 0. The first-order valence-corrected chi connectivity index (χ1v) is 5.35. The van der Waals surface area contributed by atoms with E-state index in [0.717, 1.165) is 16.5 Å². The zero-order valence-electron chi connectivity index (χ0n) is 8.99. The quantitative estimate of drug-likeness (QED) is 0.573. The molecule has 17 heavy (non-hydrogen) atoms. The molecule has 0 spiro atoms. The van der Waals surface area contributed by atoms with Crippen molar-refractivity contribution in [2.75, 3.05) is 0 Å². The second-order valence-electron chi connectivity index (χ2n) is 4.00. The SMILES string of the molecule is O=C1CC(=O)/C(=C\c2c[nH]c3ccccc23)N1. The van der Waals surface area contributed by atoms with Crippen molar-refractivity contribution in [2.24, 2.45) is 0 Å². The number of allylic oxidation sites excluding steroid dienone is 1. The molecule has 1 aromatic carbocycles. The summed E-state index contributed by atoms with van der Waals surface area (Å²) >= 11 is 0. The average molecular weight is 226 g/mol. The summed E-state index contributed by atoms with van der Waals surface area (Å²) in [7, 11) is 0. The lowest BCUT2D eigenvalue weighted by atomic mass is 10.1. The lowest BCUT2D eigenvalue weighted by Crippen LogP contribution is -2.12. The number of Topliss-reactive ketones (excluding diaryl/α,β-unsaturated/α-hetero) is 1. The van der Waals surface area contributed by atoms with Crippen molar-refractivity contribution in [1.82, 2.24) is 10.3 Å². The number of aromatic nitrogens is 1. The van der Waals surface area contributed by atoms with Crippen LogP contribution >= 0.6 is 0 Å². The fraction of sp³-hybridized carbons (Fsp3) is 0.0769. The number of carbonyl (C=O) groups excluding carboxylic acids is 2. The van der Waals surface area contributed by atoms with E-state index in [1.54, 1.807) is 6.08 Å². The maximum atomic E-state index is 11.5. The van der Waals surface area contributed by atoms with E-state index < -0.39 is 0 Å². The van der Waals surface area contributed by atoms with Crippen LogP contribution in [0.3, 0.4) is 0 Å². The Bertz CT molecular complexity index is 652. The molecule has 2 aromatic rings. The molecule has 1 aromatic heterocycles. The number of aromatic amines is 1. The fourth-order valence-corrected chi connectivity index (χ4v) is 1.99. The van der Waals surface area contributed by atoms with Crippen molar-refractivity contribution in [2.45, 2.75) is 6.42 Å². The highest BCUT2D eigenvalue weighted by molar-refractivity contribution is 6.17. The molecule has 84 valence electrons. The van der Waals surface area contributed by atoms with Gasteiger partial charge in [0.15, 0.2) is 5.78 Å². The number of rotatable bonds is 1. The van der Waals surface area contributed by atoms with E-state index in [0.29, 0.717) is 5.70 Å². The van der Waals surface area contributed by atoms with Crippen molar-refractivity contribution in [3.05, 3.63) is 41.7 Å². The molecule has 3 rings (SSSR count). The highest BCUT2D eigenvalue weighted by atomic mass is 16.2. The molecule has 0 bridgehead atoms. The summed E-state index contributed by atoms with van der Waals surface area (Å²) in [6.07, 6.45) is 3.50. The van der Waals surface area contributed by atoms with E-state index in [1.807, 2.05) is 30.5 Å². The Labute approximate surface area is 97.3 Å². The van der Waals surface area contributed by atoms with Gasteiger partial charge in [0.05, 0.1) is 12.1 Å². The number of fused-ring (bicyclic) bond motifs is 1. The van der Waals surface area contributed by atoms with Crippen LogP contribution in [-0.2, 0) is 9.59 Å². The molecule has 1 aliphatic heterocycles. The van der Waals surface area contributed by atoms with E-state index >= 15 is 0 Å². The molecule has 1 amide bonds. The third-order valence-corrected chi connectivity index (χ3v) is 2.82. The first-order valence-electron chi connectivity index (χ1n) is 5.35. The van der Waals surface area contributed by atoms with Crippen molar-refractivity contribution >= 4 is 28.7 Å². The molecule has 4 heteroatoms. The van der Waals surface area contributed by atoms with E-state index in [9.17, 15) is 9.59 Å². The van der Waals surface area contributed by atoms with E-state index in [1.165, 1.54) is 0 Å². The van der Waals surface area contributed by atoms with Crippen LogP contribution in [0.1, 0.15) is 12.0 Å². The van der Waals surface area contributed by atoms with Gasteiger partial charge >= 0.3 is 0 Å². The van der Waals surface area contributed by atoms with Gasteiger partial charge in [-0.2, -0.15) is 0 Å². The lowest BCUT2D eigenvalue weighted by molar-refractivity contribution is -0.121. The summed E-state index contributed by atoms with van der Waals surface area (Å²) in [5, 5.41) is 3.60. The van der Waals surface area contributed by atoms with Gasteiger partial charge in [-0.15, -0.1) is 0 Å². The summed E-state index contributed by atoms with van der Waals surface area (Å²) in [5.41, 5.74) is 2.29. The Kier molecular flexibility index (Phi) is 2.08. The molecule has 0 atom stereocenters. The number of ketones is 1. The van der Waals surface area contributed by atoms with E-state index in [-0.39, 0.29) is 18.1 Å². The van der Waals surface area contributed by atoms with Crippen LogP contribution in [0.4, 0.5) is 0 Å². The molecule has 1 saturated heterocycles. The second kappa shape index (κ2) is 3.59. The normalized spacial score (nSPS) is 18.0. The molecule has 0 saturated carbocycles. The van der Waals surface area contributed by atoms with Crippen LogP contribution in [0.15, 0.2) is 36.2 Å². The molecule has 0 radical (unpaired) electrons. The van der Waals surface area contributed by atoms with E-state index in [4.69, 9.17) is 0 Å². The zero-order valence-corrected chi connectivity index (χ0v) is 8.99. The van der Waals surface area contributed by atoms with Gasteiger partial charge in [0.1, 0.15) is 0 Å². The molecule has 2 N–H and O–H groups in total. The van der Waals surface area contributed by atoms with Gasteiger partial charge in [0.2, 0.25) is 5.91 Å². The lowest BCUT2D eigenvalue weighted by Gasteiger charge is -1.95. The topological polar surface area (TPSA) is 62.0 Å². The number of carbonyl (C=O) groups is 2. The Morgan fingerprint density at radius 2 is 2.00 bits per heavy atom. The van der Waals surface area contributed by atoms with Crippen LogP contribution in [-0.4, -0.2) is 16.7 Å². The number of hydrogen-bond acceptors (Lipinski definition) is 2. The predicted molar refractivity (Wildman–Crippen MR) is 64.0 cm³/mol. The number of H-pyrrole nitrogens is 1. The predicted octanol–water partition coefficient (Wildman–Crippen LogP) is 1.60. The maximum Gasteiger partial charge on any atom is 0.232 e. The minimum Gasteiger partial charge on any atom is -0.361 e. The Morgan fingerprint density at radius 1 is 1.18 bits per heavy atom. The molecule has 0 unspecified atom stereocenters. The fourth-order valence-electron chi connectivity index (χ4n) is 1.99. The molecular formula is C13H10N2O2.